The first kappa shape index (κ1) is 19.4. The molecule has 0 unspecified atom stereocenters. The topological polar surface area (TPSA) is 53.5 Å². The highest BCUT2D eigenvalue weighted by atomic mass is 16.3. The minimum Gasteiger partial charge on any atom is -0.508 e. The first-order valence-corrected chi connectivity index (χ1v) is 9.86. The first-order chi connectivity index (χ1) is 14.4. The molecule has 0 spiro atoms. The molecule has 0 aliphatic carbocycles. The van der Waals surface area contributed by atoms with Crippen LogP contribution in [0, 0.1) is 0 Å². The zero-order valence-corrected chi connectivity index (χ0v) is 17.7. The fourth-order valence-electron chi connectivity index (χ4n) is 3.62. The summed E-state index contributed by atoms with van der Waals surface area (Å²) in [4.78, 5) is 22.6. The van der Waals surface area contributed by atoms with Crippen molar-refractivity contribution in [3.05, 3.63) is 48.5 Å². The Kier molecular flexibility index (Phi) is 6.05. The van der Waals surface area contributed by atoms with Gasteiger partial charge in [-0.2, -0.15) is 0 Å². The third kappa shape index (κ3) is 5.12. The monoisotopic (exact) mass is 398 g/mol. The van der Waals surface area contributed by atoms with Gasteiger partial charge in [0.15, 0.2) is 0 Å². The average molecular weight is 399 g/mol. The van der Waals surface area contributed by atoms with E-state index in [4.69, 9.17) is 1.43 Å². The smallest absolute Gasteiger partial charge is 0.324 e. The summed E-state index contributed by atoms with van der Waals surface area (Å²) in [7, 11) is 7.50. The van der Waals surface area contributed by atoms with Gasteiger partial charge in [-0.15, -0.1) is 0 Å². The minimum absolute atomic E-state index is 0.0353. The van der Waals surface area contributed by atoms with E-state index >= 15 is 0 Å². The summed E-state index contributed by atoms with van der Waals surface area (Å²) < 4.78 is 6.95. The molecular weight excluding hydrogens is 366 g/mol. The lowest BCUT2D eigenvalue weighted by molar-refractivity contribution is 0.189. The molecule has 1 aliphatic heterocycles. The molecule has 2 amide bonds. The molecular formula is C22H31N5O2. The van der Waals surface area contributed by atoms with Crippen molar-refractivity contribution in [2.75, 3.05) is 75.7 Å². The van der Waals surface area contributed by atoms with E-state index in [0.29, 0.717) is 12.4 Å². The zero-order valence-electron chi connectivity index (χ0n) is 18.7. The van der Waals surface area contributed by atoms with E-state index in [-0.39, 0.29) is 6.03 Å². The molecule has 29 heavy (non-hydrogen) atoms. The molecule has 0 aromatic heterocycles. The second kappa shape index (κ2) is 9.05. The number of hydrogen-bond donors (Lipinski definition) is 1. The summed E-state index contributed by atoms with van der Waals surface area (Å²) >= 11 is 0. The predicted octanol–water partition coefficient (Wildman–Crippen LogP) is 2.73. The standard InChI is InChI=1S/C22H31N5O2/c1-23(2)17-24(3)22(29)25(4)18-5-7-19(8-6-18)26-13-15-27(16-14-26)20-9-11-21(28)12-10-20/h5-12,28H,13-17H2,1-4H3/i/hD. The van der Waals surface area contributed by atoms with Crippen molar-refractivity contribution in [1.29, 1.82) is 1.43 Å². The van der Waals surface area contributed by atoms with Crippen LogP contribution < -0.4 is 14.7 Å². The molecule has 1 heterocycles. The maximum absolute atomic E-state index is 12.6. The SMILES string of the molecule is [2H]Oc1ccc(N2CCN(c3ccc(N(C)C(=O)N(C)CN(C)C)cc3)CC2)cc1. The molecule has 0 atom stereocenters. The molecule has 1 saturated heterocycles. The summed E-state index contributed by atoms with van der Waals surface area (Å²) in [5.41, 5.74) is 3.19. The Balaban J connectivity index is 1.57. The highest BCUT2D eigenvalue weighted by molar-refractivity contribution is 5.91. The predicted molar refractivity (Wildman–Crippen MR) is 119 cm³/mol. The van der Waals surface area contributed by atoms with Crippen LogP contribution in [0.5, 0.6) is 5.75 Å². The van der Waals surface area contributed by atoms with Gasteiger partial charge in [0.2, 0.25) is 0 Å². The van der Waals surface area contributed by atoms with Crippen molar-refractivity contribution in [3.8, 4) is 5.75 Å². The number of hydrogen-bond acceptors (Lipinski definition) is 5. The summed E-state index contributed by atoms with van der Waals surface area (Å²) in [6, 6.07) is 15.8. The quantitative estimate of drug-likeness (QED) is 0.759. The van der Waals surface area contributed by atoms with Gasteiger partial charge in [0, 0.05) is 57.3 Å². The van der Waals surface area contributed by atoms with Gasteiger partial charge in [-0.25, -0.2) is 4.79 Å². The number of phenolic OH excluding ortho intramolecular Hbond substituents is 1. The lowest BCUT2D eigenvalue weighted by Crippen LogP contribution is -2.46. The number of phenols is 1. The number of carbonyl (C=O) groups is 1. The van der Waals surface area contributed by atoms with Gasteiger partial charge >= 0.3 is 6.03 Å². The lowest BCUT2D eigenvalue weighted by Gasteiger charge is -2.37. The Morgan fingerprint density at radius 3 is 1.83 bits per heavy atom. The van der Waals surface area contributed by atoms with E-state index in [9.17, 15) is 4.79 Å². The van der Waals surface area contributed by atoms with Crippen molar-refractivity contribution in [3.63, 3.8) is 0 Å². The number of aromatic hydroxyl groups is 1. The highest BCUT2D eigenvalue weighted by Gasteiger charge is 2.19. The van der Waals surface area contributed by atoms with E-state index in [2.05, 4.69) is 27.0 Å². The number of anilines is 3. The number of benzene rings is 2. The van der Waals surface area contributed by atoms with Crippen molar-refractivity contribution in [2.45, 2.75) is 0 Å². The van der Waals surface area contributed by atoms with Crippen LogP contribution in [0.25, 0.3) is 0 Å². The molecule has 2 aromatic carbocycles. The van der Waals surface area contributed by atoms with E-state index in [1.54, 1.807) is 23.9 Å². The molecule has 7 nitrogen and oxygen atoms in total. The molecule has 1 N–H and O–H groups in total. The molecule has 7 heteroatoms. The van der Waals surface area contributed by atoms with E-state index in [1.807, 2.05) is 55.4 Å². The number of amides is 2. The maximum atomic E-state index is 12.6. The van der Waals surface area contributed by atoms with E-state index in [0.717, 1.165) is 37.6 Å². The summed E-state index contributed by atoms with van der Waals surface area (Å²) in [6.45, 7) is 4.28. The van der Waals surface area contributed by atoms with E-state index < -0.39 is 0 Å². The third-order valence-electron chi connectivity index (χ3n) is 5.19. The van der Waals surface area contributed by atoms with Crippen LogP contribution in [-0.2, 0) is 0 Å². The minimum atomic E-state index is -0.0353. The molecule has 1 aliphatic rings. The van der Waals surface area contributed by atoms with Gasteiger partial charge < -0.3 is 19.8 Å². The van der Waals surface area contributed by atoms with Crippen LogP contribution >= 0.6 is 0 Å². The van der Waals surface area contributed by atoms with Crippen molar-refractivity contribution in [2.24, 2.45) is 0 Å². The molecule has 156 valence electrons. The van der Waals surface area contributed by atoms with Crippen molar-refractivity contribution < 1.29 is 9.90 Å². The molecule has 3 rings (SSSR count). The zero-order chi connectivity index (χ0) is 21.7. The maximum Gasteiger partial charge on any atom is 0.324 e. The Morgan fingerprint density at radius 1 is 0.897 bits per heavy atom. The van der Waals surface area contributed by atoms with Gasteiger partial charge in [-0.3, -0.25) is 9.80 Å². The Bertz CT molecular complexity index is 820. The van der Waals surface area contributed by atoms with Crippen LogP contribution in [0.3, 0.4) is 0 Å². The van der Waals surface area contributed by atoms with Crippen LogP contribution in [-0.4, -0.2) is 83.4 Å². The molecule has 0 bridgehead atoms. The fourth-order valence-corrected chi connectivity index (χ4v) is 3.62. The van der Waals surface area contributed by atoms with Crippen LogP contribution in [0.2, 0.25) is 0 Å². The lowest BCUT2D eigenvalue weighted by atomic mass is 10.2. The number of carbonyl (C=O) groups excluding carboxylic acids is 1. The van der Waals surface area contributed by atoms with Gasteiger partial charge in [0.25, 0.3) is 1.43 Å². The van der Waals surface area contributed by atoms with Crippen molar-refractivity contribution >= 4 is 23.1 Å². The molecule has 2 aromatic rings. The fraction of sp³-hybridized carbons (Fsp3) is 0.409. The Labute approximate surface area is 174 Å². The van der Waals surface area contributed by atoms with Crippen LogP contribution in [0.15, 0.2) is 48.5 Å². The highest BCUT2D eigenvalue weighted by Crippen LogP contribution is 2.24. The van der Waals surface area contributed by atoms with Gasteiger partial charge in [0.1, 0.15) is 5.75 Å². The molecule has 1 fully saturated rings. The van der Waals surface area contributed by atoms with Gasteiger partial charge in [-0.1, -0.05) is 0 Å². The molecule has 0 radical (unpaired) electrons. The number of rotatable bonds is 6. The largest absolute Gasteiger partial charge is 0.508 e. The van der Waals surface area contributed by atoms with Crippen LogP contribution in [0.1, 0.15) is 0 Å². The molecule has 0 saturated carbocycles. The number of urea groups is 1. The first-order valence-electron chi connectivity index (χ1n) is 10.3. The Hall–Kier alpha value is -2.93. The second-order valence-electron chi connectivity index (χ2n) is 7.75. The van der Waals surface area contributed by atoms with Crippen LogP contribution in [0.4, 0.5) is 21.9 Å². The van der Waals surface area contributed by atoms with Gasteiger partial charge in [0.05, 0.1) is 6.67 Å². The normalized spacial score (nSPS) is 14.6. The summed E-state index contributed by atoms with van der Waals surface area (Å²) in [6.07, 6.45) is 0. The number of piperazine rings is 1. The Morgan fingerprint density at radius 2 is 1.38 bits per heavy atom. The van der Waals surface area contributed by atoms with Gasteiger partial charge in [-0.05, 0) is 62.6 Å². The number of nitrogens with zero attached hydrogens (tertiary/aromatic N) is 5. The van der Waals surface area contributed by atoms with Crippen molar-refractivity contribution in [1.82, 2.24) is 9.80 Å². The second-order valence-corrected chi connectivity index (χ2v) is 7.75. The third-order valence-corrected chi connectivity index (χ3v) is 5.19. The summed E-state index contributed by atoms with van der Waals surface area (Å²) in [5, 5.41) is 4.50. The van der Waals surface area contributed by atoms with E-state index in [1.165, 1.54) is 5.69 Å². The summed E-state index contributed by atoms with van der Waals surface area (Å²) in [5.74, 6) is 0.550. The average Bonchev–Trinajstić information content (AvgIpc) is 2.78.